The highest BCUT2D eigenvalue weighted by molar-refractivity contribution is 7.10. The molecule has 2 amide bonds. The molecule has 1 atom stereocenters. The van der Waals surface area contributed by atoms with E-state index in [2.05, 4.69) is 37.1 Å². The SMILES string of the molecule is C=CCN(CC(=O)N1CCc2sccc2[C@@H]1c1ccccc1C)C(=O)CC. The highest BCUT2D eigenvalue weighted by Gasteiger charge is 2.34. The lowest BCUT2D eigenvalue weighted by molar-refractivity contribution is -0.141. The summed E-state index contributed by atoms with van der Waals surface area (Å²) in [4.78, 5) is 30.3. The summed E-state index contributed by atoms with van der Waals surface area (Å²) in [5, 5.41) is 2.11. The maximum absolute atomic E-state index is 13.2. The van der Waals surface area contributed by atoms with Crippen molar-refractivity contribution in [2.75, 3.05) is 19.6 Å². The van der Waals surface area contributed by atoms with E-state index in [0.717, 1.165) is 12.0 Å². The van der Waals surface area contributed by atoms with Crippen LogP contribution < -0.4 is 0 Å². The predicted octanol–water partition coefficient (Wildman–Crippen LogP) is 3.96. The molecule has 1 aliphatic rings. The van der Waals surface area contributed by atoms with Gasteiger partial charge in [0.25, 0.3) is 0 Å². The molecule has 0 saturated carbocycles. The number of thiophene rings is 1. The summed E-state index contributed by atoms with van der Waals surface area (Å²) in [7, 11) is 0. The van der Waals surface area contributed by atoms with E-state index in [0.29, 0.717) is 19.5 Å². The topological polar surface area (TPSA) is 40.6 Å². The van der Waals surface area contributed by atoms with Gasteiger partial charge in [0.2, 0.25) is 11.8 Å². The van der Waals surface area contributed by atoms with Crippen molar-refractivity contribution < 1.29 is 9.59 Å². The first kappa shape index (κ1) is 19.4. The molecule has 1 aromatic carbocycles. The fourth-order valence-electron chi connectivity index (χ4n) is 3.70. The standard InChI is InChI=1S/C22H26N2O2S/c1-4-12-23(20(25)5-2)15-21(26)24-13-10-19-18(11-14-27-19)22(24)17-9-7-6-8-16(17)3/h4,6-9,11,14,22H,1,5,10,12-13,15H2,2-3H3/t22-/m0/s1. The molecule has 5 heteroatoms. The lowest BCUT2D eigenvalue weighted by atomic mass is 9.90. The van der Waals surface area contributed by atoms with Crippen LogP contribution in [-0.4, -0.2) is 41.2 Å². The van der Waals surface area contributed by atoms with Gasteiger partial charge in [-0.2, -0.15) is 0 Å². The highest BCUT2D eigenvalue weighted by Crippen LogP contribution is 2.38. The Morgan fingerprint density at radius 1 is 1.30 bits per heavy atom. The van der Waals surface area contributed by atoms with Gasteiger partial charge < -0.3 is 9.80 Å². The quantitative estimate of drug-likeness (QED) is 0.710. The lowest BCUT2D eigenvalue weighted by Gasteiger charge is -2.38. The number of hydrogen-bond acceptors (Lipinski definition) is 3. The van der Waals surface area contributed by atoms with Crippen LogP contribution in [0.15, 0.2) is 48.4 Å². The molecule has 0 spiro atoms. The average molecular weight is 383 g/mol. The number of hydrogen-bond donors (Lipinski definition) is 0. The van der Waals surface area contributed by atoms with E-state index in [9.17, 15) is 9.59 Å². The van der Waals surface area contributed by atoms with E-state index in [1.807, 2.05) is 24.0 Å². The van der Waals surface area contributed by atoms with Crippen molar-refractivity contribution in [3.8, 4) is 0 Å². The Morgan fingerprint density at radius 2 is 2.07 bits per heavy atom. The highest BCUT2D eigenvalue weighted by atomic mass is 32.1. The third kappa shape index (κ3) is 3.98. The van der Waals surface area contributed by atoms with E-state index in [1.165, 1.54) is 16.0 Å². The fraction of sp³-hybridized carbons (Fsp3) is 0.364. The van der Waals surface area contributed by atoms with Crippen LogP contribution in [0.25, 0.3) is 0 Å². The van der Waals surface area contributed by atoms with Crippen molar-refractivity contribution in [3.63, 3.8) is 0 Å². The summed E-state index contributed by atoms with van der Waals surface area (Å²) in [6.45, 7) is 8.79. The number of carbonyl (C=O) groups is 2. The number of amides is 2. The van der Waals surface area contributed by atoms with Gasteiger partial charge in [0, 0.05) is 24.4 Å². The fourth-order valence-corrected chi connectivity index (χ4v) is 4.61. The van der Waals surface area contributed by atoms with Crippen LogP contribution in [0.3, 0.4) is 0 Å². The second kappa shape index (κ2) is 8.53. The third-order valence-electron chi connectivity index (χ3n) is 5.10. The molecular weight excluding hydrogens is 356 g/mol. The van der Waals surface area contributed by atoms with Crippen LogP contribution >= 0.6 is 11.3 Å². The van der Waals surface area contributed by atoms with Crippen molar-refractivity contribution in [1.29, 1.82) is 0 Å². The number of fused-ring (bicyclic) bond motifs is 1. The van der Waals surface area contributed by atoms with E-state index in [1.54, 1.807) is 22.3 Å². The molecule has 2 aromatic rings. The van der Waals surface area contributed by atoms with E-state index < -0.39 is 0 Å². The molecule has 0 radical (unpaired) electrons. The number of benzene rings is 1. The summed E-state index contributed by atoms with van der Waals surface area (Å²) in [5.41, 5.74) is 3.54. The van der Waals surface area contributed by atoms with Crippen LogP contribution in [0.2, 0.25) is 0 Å². The minimum absolute atomic E-state index is 0.0104. The van der Waals surface area contributed by atoms with Crippen molar-refractivity contribution >= 4 is 23.2 Å². The number of rotatable bonds is 6. The monoisotopic (exact) mass is 382 g/mol. The van der Waals surface area contributed by atoms with Crippen molar-refractivity contribution in [2.45, 2.75) is 32.7 Å². The van der Waals surface area contributed by atoms with Gasteiger partial charge in [-0.3, -0.25) is 9.59 Å². The molecule has 2 heterocycles. The zero-order chi connectivity index (χ0) is 19.4. The summed E-state index contributed by atoms with van der Waals surface area (Å²) in [6, 6.07) is 10.3. The van der Waals surface area contributed by atoms with Gasteiger partial charge in [-0.1, -0.05) is 37.3 Å². The smallest absolute Gasteiger partial charge is 0.243 e. The molecule has 4 nitrogen and oxygen atoms in total. The summed E-state index contributed by atoms with van der Waals surface area (Å²) in [6.07, 6.45) is 2.92. The first-order chi connectivity index (χ1) is 13.1. The van der Waals surface area contributed by atoms with E-state index in [4.69, 9.17) is 0 Å². The van der Waals surface area contributed by atoms with Crippen LogP contribution in [-0.2, 0) is 16.0 Å². The number of aryl methyl sites for hydroxylation is 1. The van der Waals surface area contributed by atoms with Crippen molar-refractivity contribution in [2.24, 2.45) is 0 Å². The van der Waals surface area contributed by atoms with Crippen LogP contribution in [0, 0.1) is 6.92 Å². The van der Waals surface area contributed by atoms with Gasteiger partial charge in [0.15, 0.2) is 0 Å². The molecule has 0 fully saturated rings. The summed E-state index contributed by atoms with van der Waals surface area (Å²) in [5.74, 6) is -0.0346. The molecule has 0 bridgehead atoms. The maximum atomic E-state index is 13.2. The Labute approximate surface area is 165 Å². The first-order valence-electron chi connectivity index (χ1n) is 9.36. The Hall–Kier alpha value is -2.40. The predicted molar refractivity (Wildman–Crippen MR) is 110 cm³/mol. The maximum Gasteiger partial charge on any atom is 0.243 e. The van der Waals surface area contributed by atoms with Crippen LogP contribution in [0.4, 0.5) is 0 Å². The average Bonchev–Trinajstić information content (AvgIpc) is 3.15. The van der Waals surface area contributed by atoms with Crippen LogP contribution in [0.5, 0.6) is 0 Å². The molecule has 0 unspecified atom stereocenters. The minimum Gasteiger partial charge on any atom is -0.330 e. The first-order valence-corrected chi connectivity index (χ1v) is 10.2. The van der Waals surface area contributed by atoms with Gasteiger partial charge >= 0.3 is 0 Å². The van der Waals surface area contributed by atoms with Gasteiger partial charge in [-0.25, -0.2) is 0 Å². The zero-order valence-electron chi connectivity index (χ0n) is 16.0. The van der Waals surface area contributed by atoms with E-state index in [-0.39, 0.29) is 24.4 Å². The largest absolute Gasteiger partial charge is 0.330 e. The molecule has 3 rings (SSSR count). The number of carbonyl (C=O) groups excluding carboxylic acids is 2. The van der Waals surface area contributed by atoms with Crippen molar-refractivity contribution in [1.82, 2.24) is 9.80 Å². The second-order valence-electron chi connectivity index (χ2n) is 6.81. The number of nitrogens with zero attached hydrogens (tertiary/aromatic N) is 2. The van der Waals surface area contributed by atoms with Gasteiger partial charge in [-0.05, 0) is 41.5 Å². The molecule has 0 saturated heterocycles. The van der Waals surface area contributed by atoms with Gasteiger partial charge in [-0.15, -0.1) is 17.9 Å². The Morgan fingerprint density at radius 3 is 2.78 bits per heavy atom. The zero-order valence-corrected chi connectivity index (χ0v) is 16.8. The Balaban J connectivity index is 1.93. The molecule has 0 aliphatic carbocycles. The molecule has 27 heavy (non-hydrogen) atoms. The normalized spacial score (nSPS) is 15.9. The van der Waals surface area contributed by atoms with Gasteiger partial charge in [0.05, 0.1) is 6.04 Å². The Bertz CT molecular complexity index is 842. The second-order valence-corrected chi connectivity index (χ2v) is 7.81. The molecule has 142 valence electrons. The molecule has 1 aromatic heterocycles. The summed E-state index contributed by atoms with van der Waals surface area (Å²) < 4.78 is 0. The van der Waals surface area contributed by atoms with Gasteiger partial charge in [0.1, 0.15) is 6.54 Å². The third-order valence-corrected chi connectivity index (χ3v) is 6.10. The molecular formula is C22H26N2O2S. The lowest BCUT2D eigenvalue weighted by Crippen LogP contribution is -2.46. The minimum atomic E-state index is -0.0870. The summed E-state index contributed by atoms with van der Waals surface area (Å²) >= 11 is 1.76. The van der Waals surface area contributed by atoms with Crippen LogP contribution in [0.1, 0.15) is 41.0 Å². The molecule has 1 aliphatic heterocycles. The molecule has 0 N–H and O–H groups in total. The van der Waals surface area contributed by atoms with Crippen molar-refractivity contribution in [3.05, 3.63) is 69.9 Å². The van der Waals surface area contributed by atoms with E-state index >= 15 is 0 Å². The Kier molecular flexibility index (Phi) is 6.11.